The molecule has 0 aliphatic rings. The maximum atomic E-state index is 11.1. The number of phenolic OH excluding ortho intramolecular Hbond substituents is 1. The average molecular weight is 398 g/mol. The maximum Gasteiger partial charge on any atom is 0.142 e. The Morgan fingerprint density at radius 3 is 2.04 bits per heavy atom. The molecule has 0 heterocycles. The SMILES string of the molecule is CCC[Si](C)(C)c1ccccc1Nc1cc(C(C)(C)C)cc(C(C)(C)C)c1O. The molecule has 0 unspecified atom stereocenters. The van der Waals surface area contributed by atoms with E-state index in [1.807, 2.05) is 0 Å². The first-order chi connectivity index (χ1) is 12.8. The first-order valence-corrected chi connectivity index (χ1v) is 13.7. The van der Waals surface area contributed by atoms with E-state index >= 15 is 0 Å². The number of hydrogen-bond acceptors (Lipinski definition) is 2. The fraction of sp³-hybridized carbons (Fsp3) is 0.520. The van der Waals surface area contributed by atoms with Crippen molar-refractivity contribution < 1.29 is 5.11 Å². The van der Waals surface area contributed by atoms with Gasteiger partial charge in [-0.1, -0.05) is 98.3 Å². The molecule has 0 amide bonds. The number of nitrogens with one attached hydrogen (secondary N) is 1. The monoisotopic (exact) mass is 397 g/mol. The number of aromatic hydroxyl groups is 1. The largest absolute Gasteiger partial charge is 0.505 e. The number of rotatable bonds is 5. The number of anilines is 2. The number of benzene rings is 2. The van der Waals surface area contributed by atoms with Crippen LogP contribution in [0.4, 0.5) is 11.4 Å². The smallest absolute Gasteiger partial charge is 0.142 e. The van der Waals surface area contributed by atoms with Crippen molar-refractivity contribution in [1.29, 1.82) is 0 Å². The van der Waals surface area contributed by atoms with Gasteiger partial charge in [0, 0.05) is 11.3 Å². The Kier molecular flexibility index (Phi) is 6.39. The second-order valence-corrected chi connectivity index (χ2v) is 15.5. The molecule has 0 aliphatic carbocycles. The zero-order chi connectivity index (χ0) is 21.3. The second-order valence-electron chi connectivity index (χ2n) is 10.7. The summed E-state index contributed by atoms with van der Waals surface area (Å²) in [4.78, 5) is 0. The van der Waals surface area contributed by atoms with Crippen LogP contribution in [0.5, 0.6) is 5.75 Å². The molecule has 2 nitrogen and oxygen atoms in total. The van der Waals surface area contributed by atoms with Gasteiger partial charge in [0.25, 0.3) is 0 Å². The summed E-state index contributed by atoms with van der Waals surface area (Å²) in [5.41, 5.74) is 4.06. The molecule has 3 heteroatoms. The third kappa shape index (κ3) is 4.99. The lowest BCUT2D eigenvalue weighted by molar-refractivity contribution is 0.447. The fourth-order valence-electron chi connectivity index (χ4n) is 3.82. The van der Waals surface area contributed by atoms with Crippen LogP contribution in [0.15, 0.2) is 36.4 Å². The number of hydrogen-bond donors (Lipinski definition) is 2. The van der Waals surface area contributed by atoms with Crippen molar-refractivity contribution in [2.75, 3.05) is 5.32 Å². The van der Waals surface area contributed by atoms with Gasteiger partial charge in [0.05, 0.1) is 13.8 Å². The zero-order valence-corrected chi connectivity index (χ0v) is 20.3. The van der Waals surface area contributed by atoms with Crippen LogP contribution in [0.1, 0.15) is 66.0 Å². The van der Waals surface area contributed by atoms with E-state index in [2.05, 4.69) is 103 Å². The first kappa shape index (κ1) is 22.5. The van der Waals surface area contributed by atoms with E-state index in [9.17, 15) is 5.11 Å². The molecule has 0 spiro atoms. The molecule has 2 N–H and O–H groups in total. The minimum atomic E-state index is -1.54. The highest BCUT2D eigenvalue weighted by Crippen LogP contribution is 2.41. The van der Waals surface area contributed by atoms with Crippen LogP contribution < -0.4 is 10.5 Å². The van der Waals surface area contributed by atoms with Crippen molar-refractivity contribution >= 4 is 24.6 Å². The van der Waals surface area contributed by atoms with Crippen LogP contribution in [0.2, 0.25) is 19.1 Å². The van der Waals surface area contributed by atoms with Crippen LogP contribution in [-0.4, -0.2) is 13.2 Å². The predicted molar refractivity (Wildman–Crippen MR) is 127 cm³/mol. The van der Waals surface area contributed by atoms with E-state index in [4.69, 9.17) is 0 Å². The van der Waals surface area contributed by atoms with Crippen molar-refractivity contribution in [3.63, 3.8) is 0 Å². The van der Waals surface area contributed by atoms with Gasteiger partial charge >= 0.3 is 0 Å². The Hall–Kier alpha value is -1.74. The Labute approximate surface area is 173 Å². The third-order valence-electron chi connectivity index (χ3n) is 5.58. The molecular formula is C25H39NOSi. The van der Waals surface area contributed by atoms with E-state index in [1.165, 1.54) is 23.2 Å². The Bertz CT molecular complexity index is 825. The third-order valence-corrected chi connectivity index (χ3v) is 9.23. The Balaban J connectivity index is 2.62. The lowest BCUT2D eigenvalue weighted by Gasteiger charge is -2.29. The van der Waals surface area contributed by atoms with E-state index in [1.54, 1.807) is 0 Å². The van der Waals surface area contributed by atoms with Gasteiger partial charge < -0.3 is 10.4 Å². The summed E-state index contributed by atoms with van der Waals surface area (Å²) in [6, 6.07) is 14.2. The molecule has 0 radical (unpaired) electrons. The molecule has 2 rings (SSSR count). The van der Waals surface area contributed by atoms with E-state index < -0.39 is 8.07 Å². The van der Waals surface area contributed by atoms with Crippen molar-refractivity contribution in [3.8, 4) is 5.75 Å². The normalized spacial score (nSPS) is 12.9. The summed E-state index contributed by atoms with van der Waals surface area (Å²) in [6.07, 6.45) is 1.20. The lowest BCUT2D eigenvalue weighted by Crippen LogP contribution is -2.42. The first-order valence-electron chi connectivity index (χ1n) is 10.5. The number of phenols is 1. The van der Waals surface area contributed by atoms with Crippen LogP contribution in [0, 0.1) is 0 Å². The van der Waals surface area contributed by atoms with E-state index in [0.29, 0.717) is 5.75 Å². The van der Waals surface area contributed by atoms with Gasteiger partial charge in [-0.3, -0.25) is 0 Å². The lowest BCUT2D eigenvalue weighted by atomic mass is 9.79. The van der Waals surface area contributed by atoms with Crippen molar-refractivity contribution in [2.45, 2.75) is 84.9 Å². The summed E-state index contributed by atoms with van der Waals surface area (Å²) in [6.45, 7) is 20.3. The molecule has 2 aromatic rings. The quantitative estimate of drug-likeness (QED) is 0.418. The molecule has 0 saturated carbocycles. The van der Waals surface area contributed by atoms with Gasteiger partial charge in [-0.2, -0.15) is 0 Å². The Morgan fingerprint density at radius 2 is 1.50 bits per heavy atom. The van der Waals surface area contributed by atoms with Crippen LogP contribution in [0.3, 0.4) is 0 Å². The zero-order valence-electron chi connectivity index (χ0n) is 19.3. The highest BCUT2D eigenvalue weighted by molar-refractivity contribution is 6.90. The highest BCUT2D eigenvalue weighted by atomic mass is 28.3. The molecule has 2 aromatic carbocycles. The highest BCUT2D eigenvalue weighted by Gasteiger charge is 2.27. The molecule has 0 aromatic heterocycles. The van der Waals surface area contributed by atoms with Gasteiger partial charge in [0.15, 0.2) is 0 Å². The summed E-state index contributed by atoms with van der Waals surface area (Å²) >= 11 is 0. The second kappa shape index (κ2) is 7.94. The standard InChI is InChI=1S/C25H39NOSi/c1-10-15-28(8,9)22-14-12-11-13-20(22)26-21-17-18(24(2,3)4)16-19(23(21)27)25(5,6)7/h11-14,16-17,26-27H,10,15H2,1-9H3. The molecule has 28 heavy (non-hydrogen) atoms. The summed E-state index contributed by atoms with van der Waals surface area (Å²) in [5.74, 6) is 0.366. The van der Waals surface area contributed by atoms with Gasteiger partial charge in [0.2, 0.25) is 0 Å². The summed E-state index contributed by atoms with van der Waals surface area (Å²) in [7, 11) is -1.54. The van der Waals surface area contributed by atoms with E-state index in [-0.39, 0.29) is 10.8 Å². The van der Waals surface area contributed by atoms with Gasteiger partial charge in [-0.25, -0.2) is 0 Å². The van der Waals surface area contributed by atoms with Gasteiger partial charge in [-0.05, 0) is 33.7 Å². The van der Waals surface area contributed by atoms with Crippen LogP contribution >= 0.6 is 0 Å². The minimum absolute atomic E-state index is 0.0138. The van der Waals surface area contributed by atoms with Crippen LogP contribution in [-0.2, 0) is 10.8 Å². The number of para-hydroxylation sites is 1. The predicted octanol–water partition coefficient (Wildman–Crippen LogP) is 7.06. The van der Waals surface area contributed by atoms with Crippen molar-refractivity contribution in [2.24, 2.45) is 0 Å². The topological polar surface area (TPSA) is 32.3 Å². The summed E-state index contributed by atoms with van der Waals surface area (Å²) in [5, 5.41) is 16.2. The summed E-state index contributed by atoms with van der Waals surface area (Å²) < 4.78 is 0. The molecule has 0 aliphatic heterocycles. The molecule has 0 fully saturated rings. The molecular weight excluding hydrogens is 358 g/mol. The average Bonchev–Trinajstić information content (AvgIpc) is 2.55. The molecule has 0 saturated heterocycles. The Morgan fingerprint density at radius 1 is 0.893 bits per heavy atom. The minimum Gasteiger partial charge on any atom is -0.505 e. The fourth-order valence-corrected chi connectivity index (χ4v) is 6.76. The van der Waals surface area contributed by atoms with Gasteiger partial charge in [0.1, 0.15) is 5.75 Å². The van der Waals surface area contributed by atoms with Gasteiger partial charge in [-0.15, -0.1) is 0 Å². The van der Waals surface area contributed by atoms with Crippen LogP contribution in [0.25, 0.3) is 0 Å². The maximum absolute atomic E-state index is 11.1. The van der Waals surface area contributed by atoms with Crippen molar-refractivity contribution in [3.05, 3.63) is 47.5 Å². The molecule has 0 bridgehead atoms. The van der Waals surface area contributed by atoms with E-state index in [0.717, 1.165) is 16.9 Å². The molecule has 154 valence electrons. The van der Waals surface area contributed by atoms with Crippen molar-refractivity contribution in [1.82, 2.24) is 0 Å². The molecule has 0 atom stereocenters.